The normalized spacial score (nSPS) is 14.2. The van der Waals surface area contributed by atoms with E-state index in [0.29, 0.717) is 31.8 Å². The number of hydrogen-bond acceptors (Lipinski definition) is 3. The van der Waals surface area contributed by atoms with Gasteiger partial charge >= 0.3 is 5.97 Å². The molecule has 0 atom stereocenters. The number of alkyl halides is 1. The molecule has 0 radical (unpaired) electrons. The van der Waals surface area contributed by atoms with Gasteiger partial charge in [0.05, 0.1) is 5.56 Å². The minimum absolute atomic E-state index is 0.00335. The van der Waals surface area contributed by atoms with E-state index in [4.69, 9.17) is 16.7 Å². The molecule has 0 saturated carbocycles. The van der Waals surface area contributed by atoms with E-state index in [1.54, 1.807) is 11.1 Å². The fourth-order valence-electron chi connectivity index (χ4n) is 2.13. The maximum absolute atomic E-state index is 11.7. The maximum Gasteiger partial charge on any atom is 0.337 e. The Labute approximate surface area is 109 Å². The molecule has 2 rings (SSSR count). The summed E-state index contributed by atoms with van der Waals surface area (Å²) < 4.78 is 0. The molecule has 6 heteroatoms. The zero-order chi connectivity index (χ0) is 13.1. The molecule has 5 nitrogen and oxygen atoms in total. The summed E-state index contributed by atoms with van der Waals surface area (Å²) in [6, 6.07) is 0. The number of amides is 1. The first-order valence-corrected chi connectivity index (χ1v) is 6.19. The minimum atomic E-state index is -0.972. The lowest BCUT2D eigenvalue weighted by molar-refractivity contribution is -0.131. The smallest absolute Gasteiger partial charge is 0.337 e. The lowest BCUT2D eigenvalue weighted by Gasteiger charge is -2.29. The van der Waals surface area contributed by atoms with Crippen LogP contribution in [0.15, 0.2) is 12.4 Å². The van der Waals surface area contributed by atoms with Crippen LogP contribution in [0.2, 0.25) is 0 Å². The second-order valence-corrected chi connectivity index (χ2v) is 4.51. The van der Waals surface area contributed by atoms with E-state index < -0.39 is 5.97 Å². The van der Waals surface area contributed by atoms with Gasteiger partial charge in [-0.2, -0.15) is 0 Å². The quantitative estimate of drug-likeness (QED) is 0.839. The summed E-state index contributed by atoms with van der Waals surface area (Å²) in [6.07, 6.45) is 3.84. The third-order valence-electron chi connectivity index (χ3n) is 3.03. The van der Waals surface area contributed by atoms with Crippen molar-refractivity contribution >= 4 is 23.5 Å². The molecule has 0 aliphatic carbocycles. The van der Waals surface area contributed by atoms with Gasteiger partial charge in [-0.3, -0.25) is 9.78 Å². The molecule has 0 spiro atoms. The number of fused-ring (bicyclic) bond motifs is 1. The van der Waals surface area contributed by atoms with Crippen LogP contribution >= 0.6 is 11.6 Å². The number of carbonyl (C=O) groups excluding carboxylic acids is 1. The molecule has 0 aromatic carbocycles. The van der Waals surface area contributed by atoms with E-state index in [9.17, 15) is 9.59 Å². The molecule has 0 unspecified atom stereocenters. The summed E-state index contributed by atoms with van der Waals surface area (Å²) >= 11 is 5.55. The standard InChI is InChI=1S/C12H13ClN2O3/c13-3-1-11(16)15-4-2-9-8(7-15)5-14-6-10(9)12(17)18/h5-6H,1-4,7H2,(H,17,18). The number of carboxylic acids is 1. The van der Waals surface area contributed by atoms with E-state index in [1.165, 1.54) is 6.20 Å². The van der Waals surface area contributed by atoms with Crippen molar-refractivity contribution in [1.82, 2.24) is 9.88 Å². The van der Waals surface area contributed by atoms with Crippen LogP contribution in [0.25, 0.3) is 0 Å². The first-order valence-electron chi connectivity index (χ1n) is 5.66. The zero-order valence-electron chi connectivity index (χ0n) is 9.73. The summed E-state index contributed by atoms with van der Waals surface area (Å²) in [7, 11) is 0. The molecule has 96 valence electrons. The molecular formula is C12H13ClN2O3. The van der Waals surface area contributed by atoms with Crippen molar-refractivity contribution in [2.75, 3.05) is 12.4 Å². The lowest BCUT2D eigenvalue weighted by atomic mass is 9.97. The summed E-state index contributed by atoms with van der Waals surface area (Å²) in [5, 5.41) is 9.06. The Morgan fingerprint density at radius 1 is 1.44 bits per heavy atom. The van der Waals surface area contributed by atoms with Crippen molar-refractivity contribution in [3.8, 4) is 0 Å². The number of pyridine rings is 1. The van der Waals surface area contributed by atoms with E-state index in [2.05, 4.69) is 4.98 Å². The number of rotatable bonds is 3. The Bertz CT molecular complexity index is 490. The van der Waals surface area contributed by atoms with Gasteiger partial charge in [0.2, 0.25) is 5.91 Å². The van der Waals surface area contributed by atoms with E-state index >= 15 is 0 Å². The number of nitrogens with zero attached hydrogens (tertiary/aromatic N) is 2. The Kier molecular flexibility index (Phi) is 3.81. The highest BCUT2D eigenvalue weighted by Crippen LogP contribution is 2.22. The highest BCUT2D eigenvalue weighted by atomic mass is 35.5. The Balaban J connectivity index is 2.23. The molecule has 1 N–H and O–H groups in total. The second-order valence-electron chi connectivity index (χ2n) is 4.13. The van der Waals surface area contributed by atoms with Crippen LogP contribution in [0.3, 0.4) is 0 Å². The molecular weight excluding hydrogens is 256 g/mol. The monoisotopic (exact) mass is 268 g/mol. The first-order chi connectivity index (χ1) is 8.63. The number of aromatic carboxylic acids is 1. The first kappa shape index (κ1) is 12.8. The van der Waals surface area contributed by atoms with Gasteiger partial charge in [0.25, 0.3) is 0 Å². The van der Waals surface area contributed by atoms with Gasteiger partial charge in [-0.1, -0.05) is 0 Å². The fraction of sp³-hybridized carbons (Fsp3) is 0.417. The molecule has 1 aliphatic rings. The number of carboxylic acid groups (broad SMARTS) is 1. The summed E-state index contributed by atoms with van der Waals surface area (Å²) in [4.78, 5) is 28.4. The summed E-state index contributed by atoms with van der Waals surface area (Å²) in [5.74, 6) is -0.674. The molecule has 0 fully saturated rings. The Morgan fingerprint density at radius 2 is 2.22 bits per heavy atom. The van der Waals surface area contributed by atoms with E-state index in [-0.39, 0.29) is 11.5 Å². The van der Waals surface area contributed by atoms with Crippen LogP contribution in [-0.2, 0) is 17.8 Å². The van der Waals surface area contributed by atoms with E-state index in [0.717, 1.165) is 11.1 Å². The lowest BCUT2D eigenvalue weighted by Crippen LogP contribution is -2.36. The number of aromatic nitrogens is 1. The summed E-state index contributed by atoms with van der Waals surface area (Å²) in [5.41, 5.74) is 1.83. The van der Waals surface area contributed by atoms with E-state index in [1.807, 2.05) is 0 Å². The average Bonchev–Trinajstić information content (AvgIpc) is 2.37. The van der Waals surface area contributed by atoms with Crippen LogP contribution in [0.4, 0.5) is 0 Å². The third kappa shape index (κ3) is 2.46. The fourth-order valence-corrected chi connectivity index (χ4v) is 2.29. The van der Waals surface area contributed by atoms with Gasteiger partial charge in [-0.15, -0.1) is 11.6 Å². The molecule has 1 aromatic heterocycles. The highest BCUT2D eigenvalue weighted by molar-refractivity contribution is 6.18. The Hall–Kier alpha value is -1.62. The van der Waals surface area contributed by atoms with Crippen LogP contribution < -0.4 is 0 Å². The molecule has 0 saturated heterocycles. The predicted molar refractivity (Wildman–Crippen MR) is 65.7 cm³/mol. The van der Waals surface area contributed by atoms with Crippen LogP contribution in [0.5, 0.6) is 0 Å². The van der Waals surface area contributed by atoms with Gasteiger partial charge in [0.1, 0.15) is 0 Å². The number of hydrogen-bond donors (Lipinski definition) is 1. The van der Waals surface area contributed by atoms with Crippen molar-refractivity contribution < 1.29 is 14.7 Å². The van der Waals surface area contributed by atoms with Crippen molar-refractivity contribution in [2.45, 2.75) is 19.4 Å². The van der Waals surface area contributed by atoms with Gasteiger partial charge < -0.3 is 10.0 Å². The molecule has 2 heterocycles. The Morgan fingerprint density at radius 3 is 2.89 bits per heavy atom. The van der Waals surface area contributed by atoms with Gasteiger partial charge in [-0.05, 0) is 17.5 Å². The average molecular weight is 269 g/mol. The van der Waals surface area contributed by atoms with Crippen molar-refractivity contribution in [3.63, 3.8) is 0 Å². The third-order valence-corrected chi connectivity index (χ3v) is 3.22. The van der Waals surface area contributed by atoms with Crippen molar-refractivity contribution in [3.05, 3.63) is 29.1 Å². The number of carbonyl (C=O) groups is 2. The highest BCUT2D eigenvalue weighted by Gasteiger charge is 2.24. The van der Waals surface area contributed by atoms with Crippen LogP contribution in [0, 0.1) is 0 Å². The molecule has 1 amide bonds. The largest absolute Gasteiger partial charge is 0.478 e. The summed E-state index contributed by atoms with van der Waals surface area (Å²) in [6.45, 7) is 0.951. The molecule has 18 heavy (non-hydrogen) atoms. The molecule has 0 bridgehead atoms. The number of halogens is 1. The van der Waals surface area contributed by atoms with Crippen LogP contribution in [-0.4, -0.2) is 39.3 Å². The van der Waals surface area contributed by atoms with Crippen molar-refractivity contribution in [1.29, 1.82) is 0 Å². The van der Waals surface area contributed by atoms with Gasteiger partial charge in [-0.25, -0.2) is 4.79 Å². The second kappa shape index (κ2) is 5.35. The molecule has 1 aliphatic heterocycles. The van der Waals surface area contributed by atoms with Gasteiger partial charge in [0.15, 0.2) is 0 Å². The minimum Gasteiger partial charge on any atom is -0.478 e. The molecule has 1 aromatic rings. The van der Waals surface area contributed by atoms with Gasteiger partial charge in [0, 0.05) is 37.8 Å². The van der Waals surface area contributed by atoms with Crippen LogP contribution in [0.1, 0.15) is 27.9 Å². The topological polar surface area (TPSA) is 70.5 Å². The SMILES string of the molecule is O=C(O)c1cncc2c1CCN(C(=O)CCCl)C2. The predicted octanol–water partition coefficient (Wildman–Crippen LogP) is 1.29. The maximum atomic E-state index is 11.7. The zero-order valence-corrected chi connectivity index (χ0v) is 10.5. The van der Waals surface area contributed by atoms with Crippen molar-refractivity contribution in [2.24, 2.45) is 0 Å².